The minimum Gasteiger partial charge on any atom is -0.876 e. The minimum atomic E-state index is -1.67. The summed E-state index contributed by atoms with van der Waals surface area (Å²) in [5, 5.41) is 42.5. The monoisotopic (exact) mass is 1760 g/mol. The van der Waals surface area contributed by atoms with Crippen LogP contribution in [0.3, 0.4) is 0 Å². The van der Waals surface area contributed by atoms with Gasteiger partial charge in [-0.25, -0.2) is 9.00 Å². The second-order valence-corrected chi connectivity index (χ2v) is 38.2. The number of methoxy groups -OCH3 is 4. The number of aryl methyl sites for hydroxylation is 3. The number of hydrogen-bond acceptors (Lipinski definition) is 24. The summed E-state index contributed by atoms with van der Waals surface area (Å²) in [6.07, 6.45) is 1.59. The SMILES string of the molecule is CC(=O)/C=C(/C)[O-].CC(=O)CC(C)=O.COC(=O)Cc1ccc(-c2noc(C)c2C(=O)Cl)c(Cl)c1.COC(=O)Cc1ccc(-c2noc(C)c2C(=O)O)c(Cl)c1.COC(=O)Cc1ccc(-c2noc(C)c2C(C)=O)c(Cl)c1.COC(=O)Cc1ccc(/C(Cl)=N/O)c(Cl)c1.C[Si](C)(C)[N-][Si](C)(C)C.O=S(Cl)Cl.[K+].[K+]. The molecule has 0 aliphatic carbocycles. The number of hydrogen-bond donors (Lipinski definition) is 2. The van der Waals surface area contributed by atoms with Crippen LogP contribution in [0, 0.1) is 20.8 Å². The largest absolute Gasteiger partial charge is 1.00 e. The molecule has 0 saturated carbocycles. The van der Waals surface area contributed by atoms with Gasteiger partial charge in [0.15, 0.2) is 16.7 Å². The molecule has 0 amide bonds. The first-order valence-electron chi connectivity index (χ1n) is 30.5. The van der Waals surface area contributed by atoms with E-state index in [-0.39, 0.29) is 226 Å². The van der Waals surface area contributed by atoms with Crippen molar-refractivity contribution in [3.8, 4) is 33.8 Å². The molecule has 108 heavy (non-hydrogen) atoms. The van der Waals surface area contributed by atoms with Gasteiger partial charge in [0.2, 0.25) is 9.23 Å². The first-order chi connectivity index (χ1) is 49.1. The summed E-state index contributed by atoms with van der Waals surface area (Å²) < 4.78 is 47.2. The van der Waals surface area contributed by atoms with E-state index in [0.717, 1.165) is 11.6 Å². The van der Waals surface area contributed by atoms with Crippen molar-refractivity contribution in [3.63, 3.8) is 0 Å². The molecule has 0 spiro atoms. The van der Waals surface area contributed by atoms with Gasteiger partial charge in [-0.3, -0.25) is 43.2 Å². The molecule has 7 rings (SSSR count). The Labute approximate surface area is 754 Å². The number of carboxylic acids is 1. The molecule has 3 aromatic heterocycles. The maximum absolute atomic E-state index is 11.7. The molecule has 0 saturated heterocycles. The van der Waals surface area contributed by atoms with Gasteiger partial charge in [-0.1, -0.05) is 184 Å². The number of aromatic nitrogens is 3. The number of halogens is 8. The summed E-state index contributed by atoms with van der Waals surface area (Å²) in [6, 6.07) is 19.7. The topological polar surface area (TPSA) is 393 Å². The van der Waals surface area contributed by atoms with Crippen LogP contribution < -0.4 is 108 Å². The molecule has 7 aromatic rings. The van der Waals surface area contributed by atoms with E-state index in [1.165, 1.54) is 70.0 Å². The van der Waals surface area contributed by atoms with Gasteiger partial charge in [0.1, 0.15) is 57.1 Å². The van der Waals surface area contributed by atoms with Crippen LogP contribution in [0.25, 0.3) is 38.4 Å². The Balaban J connectivity index is -0.00000122. The van der Waals surface area contributed by atoms with E-state index in [1.807, 2.05) is 0 Å². The third-order valence-corrected chi connectivity index (χ3v) is 19.5. The zero-order valence-electron chi connectivity index (χ0n) is 62.9. The average Bonchev–Trinajstić information content (AvgIpc) is 1.64. The van der Waals surface area contributed by atoms with E-state index in [4.69, 9.17) is 97.2 Å². The van der Waals surface area contributed by atoms with Crippen molar-refractivity contribution in [3.05, 3.63) is 171 Å². The van der Waals surface area contributed by atoms with Crippen LogP contribution in [-0.4, -0.2) is 138 Å². The first-order valence-corrected chi connectivity index (χ1v) is 42.5. The molecule has 0 bridgehead atoms. The number of ketones is 4. The molecule has 0 aliphatic rings. The fourth-order valence-electron chi connectivity index (χ4n) is 8.64. The molecule has 26 nitrogen and oxygen atoms in total. The van der Waals surface area contributed by atoms with Gasteiger partial charge >= 0.3 is 133 Å². The summed E-state index contributed by atoms with van der Waals surface area (Å²) >= 11 is 35.6. The number of nitrogens with zero attached hydrogens (tertiary/aromatic N) is 5. The van der Waals surface area contributed by atoms with Gasteiger partial charge in [0.25, 0.3) is 5.24 Å². The second kappa shape index (κ2) is 54.1. The molecule has 0 radical (unpaired) electrons. The third kappa shape index (κ3) is 42.8. The minimum absolute atomic E-state index is 0. The standard InChI is InChI=1S/C15H14ClNO4.C14H11Cl2NO4.C14H12ClNO5.C10H9Cl2NO3.C6H18NSi2.2C5H8O2.Cl2OS.2K/c1-8(18)14-9(2)21-17-15(14)11-5-4-10(6-12(11)16)7-13(19)20-3;1-7-12(14(16)19)13(17-21-7)9-4-3-8(5-10(9)15)6-11(18)20-2;1-7-12(14(18)19)13(16-21-7)9-4-3-8(5-10(9)15)6-11(17)20-2;1-16-9(14)5-6-2-3-7(8(11)4-6)10(12)13-15;1-8(2,3)7-9(4,5)6;2*1-4(6)3-5(2)7;1-4(2)3;;/h4-6H,7H2,1-3H3;3-5H,6H2,1-2H3;3-5H,6H2,1-2H3,(H,18,19);2-4,15H,5H2,1H3;1-6H3;3H2,1-2H3;3,6H,1-2H3;;;/q;;;;-1;;;;2*+1/p-1/b;;;13-10-;;;4-3-;;;. The number of carbonyl (C=O) groups excluding carboxylic acids is 9. The molecule has 0 atom stereocenters. The number of Topliss-reactive ketones (excluding diaryl/α,β-unsaturated/α-hetero) is 3. The Morgan fingerprint density at radius 3 is 1.03 bits per heavy atom. The molecule has 3 heterocycles. The van der Waals surface area contributed by atoms with Crippen molar-refractivity contribution >= 4 is 180 Å². The molecule has 4 aromatic carbocycles. The molecule has 2 N–H and O–H groups in total. The summed E-state index contributed by atoms with van der Waals surface area (Å²) in [5.74, 6) is -2.27. The second-order valence-electron chi connectivity index (χ2n) is 23.8. The smallest absolute Gasteiger partial charge is 0.876 e. The Kier molecular flexibility index (Phi) is 53.9. The number of carbonyl (C=O) groups is 10. The van der Waals surface area contributed by atoms with Crippen LogP contribution in [0.5, 0.6) is 0 Å². The number of ether oxygens (including phenoxy) is 4. The number of rotatable bonds is 20. The molecule has 0 aliphatic heterocycles. The molecular weight excluding hydrogens is 1680 g/mol. The van der Waals surface area contributed by atoms with E-state index in [1.54, 1.807) is 86.6 Å². The van der Waals surface area contributed by atoms with E-state index in [9.17, 15) is 58.2 Å². The predicted molar refractivity (Wildman–Crippen MR) is 411 cm³/mol. The maximum atomic E-state index is 11.7. The first kappa shape index (κ1) is 108. The Hall–Kier alpha value is -4.64. The van der Waals surface area contributed by atoms with Gasteiger partial charge in [-0.05, 0) is 119 Å². The van der Waals surface area contributed by atoms with Crippen molar-refractivity contribution in [1.82, 2.24) is 15.5 Å². The van der Waals surface area contributed by atoms with Crippen LogP contribution >= 0.6 is 91.0 Å². The fourth-order valence-corrected chi connectivity index (χ4v) is 18.3. The summed E-state index contributed by atoms with van der Waals surface area (Å²) in [7, 11) is 10.4. The van der Waals surface area contributed by atoms with Crippen molar-refractivity contribution in [2.75, 3.05) is 28.4 Å². The van der Waals surface area contributed by atoms with Crippen molar-refractivity contribution in [1.29, 1.82) is 0 Å². The molecule has 0 fully saturated rings. The van der Waals surface area contributed by atoms with Crippen LogP contribution in [0.1, 0.15) is 117 Å². The van der Waals surface area contributed by atoms with Crippen LogP contribution in [0.4, 0.5) is 0 Å². The maximum Gasteiger partial charge on any atom is 1.00 e. The summed E-state index contributed by atoms with van der Waals surface area (Å²) in [4.78, 5) is 109. The quantitative estimate of drug-likeness (QED) is 0.00612. The van der Waals surface area contributed by atoms with Gasteiger partial charge < -0.3 is 52.6 Å². The number of allylic oxidation sites excluding steroid dienone is 2. The zero-order chi connectivity index (χ0) is 81.8. The van der Waals surface area contributed by atoms with Crippen LogP contribution in [0.2, 0.25) is 59.4 Å². The van der Waals surface area contributed by atoms with Gasteiger partial charge in [0.05, 0.1) is 86.2 Å². The van der Waals surface area contributed by atoms with Gasteiger partial charge in [0, 0.05) is 43.6 Å². The predicted octanol–water partition coefficient (Wildman–Crippen LogP) is 10.2. The molecule has 39 heteroatoms. The van der Waals surface area contributed by atoms with E-state index in [2.05, 4.69) is 100 Å². The number of esters is 4. The number of carboxylic acid groups (broad SMARTS) is 1. The normalized spacial score (nSPS) is 10.5. The summed E-state index contributed by atoms with van der Waals surface area (Å²) in [5.41, 5.74) is 6.11. The van der Waals surface area contributed by atoms with Crippen molar-refractivity contribution in [2.45, 2.75) is 127 Å². The average molecular weight is 1760 g/mol. The number of oxime groups is 1. The number of benzene rings is 4. The molecule has 0 unspecified atom stereocenters. The van der Waals surface area contributed by atoms with E-state index in [0.29, 0.717) is 76.8 Å². The van der Waals surface area contributed by atoms with Crippen molar-refractivity contribution in [2.24, 2.45) is 5.16 Å². The number of aromatic carboxylic acids is 1. The van der Waals surface area contributed by atoms with Crippen LogP contribution in [-0.2, 0) is 87.4 Å². The molecule has 578 valence electrons. The van der Waals surface area contributed by atoms with E-state index < -0.39 is 36.9 Å². The van der Waals surface area contributed by atoms with Crippen LogP contribution in [0.15, 0.2) is 103 Å². The van der Waals surface area contributed by atoms with Gasteiger partial charge in [-0.2, -0.15) is 0 Å². The van der Waals surface area contributed by atoms with Gasteiger partial charge in [-0.15, -0.1) is 5.76 Å². The van der Waals surface area contributed by atoms with E-state index >= 15 is 0 Å². The van der Waals surface area contributed by atoms with Crippen molar-refractivity contribution < 1.29 is 203 Å². The zero-order valence-corrected chi connectivity index (χ0v) is 78.0. The Morgan fingerprint density at radius 2 is 0.815 bits per heavy atom. The molecular formula is C69H79Cl8K2N5O21SSi2. The third-order valence-electron chi connectivity index (χ3n) is 12.4. The Bertz CT molecular complexity index is 4010. The Morgan fingerprint density at radius 1 is 0.528 bits per heavy atom. The fraction of sp³-hybridized carbons (Fsp3) is 0.333. The summed E-state index contributed by atoms with van der Waals surface area (Å²) in [6.45, 7) is 25.5.